The largest absolute Gasteiger partial charge is 0.354 e. The predicted octanol–water partition coefficient (Wildman–Crippen LogP) is 2.40. The monoisotopic (exact) mass is 346 g/mol. The third-order valence-corrected chi connectivity index (χ3v) is 4.15. The van der Waals surface area contributed by atoms with Gasteiger partial charge in [0, 0.05) is 22.5 Å². The van der Waals surface area contributed by atoms with E-state index in [9.17, 15) is 0 Å². The second kappa shape index (κ2) is 5.95. The number of nitrogens with one attached hydrogen (secondary N) is 1. The van der Waals surface area contributed by atoms with Crippen LogP contribution in [0, 0.1) is 8.99 Å². The van der Waals surface area contributed by atoms with Crippen molar-refractivity contribution < 1.29 is 0 Å². The molecule has 1 fully saturated rings. The van der Waals surface area contributed by atoms with Gasteiger partial charge in [0.2, 0.25) is 5.95 Å². The lowest BCUT2D eigenvalue weighted by Gasteiger charge is -2.36. The minimum Gasteiger partial charge on any atom is -0.354 e. The third kappa shape index (κ3) is 3.51. The fraction of sp³-hybridized carbons (Fsp3) is 0.667. The van der Waals surface area contributed by atoms with Crippen LogP contribution >= 0.6 is 22.6 Å². The molecule has 0 radical (unpaired) electrons. The van der Waals surface area contributed by atoms with Crippen LogP contribution < -0.4 is 11.1 Å². The van der Waals surface area contributed by atoms with E-state index in [1.54, 1.807) is 0 Å². The van der Waals surface area contributed by atoms with Crippen molar-refractivity contribution in [2.75, 3.05) is 18.4 Å². The molecule has 0 aromatic carbocycles. The van der Waals surface area contributed by atoms with Crippen molar-refractivity contribution in [1.82, 2.24) is 9.97 Å². The molecule has 0 atom stereocenters. The summed E-state index contributed by atoms with van der Waals surface area (Å²) in [4.78, 5) is 8.52. The van der Waals surface area contributed by atoms with Gasteiger partial charge in [0.1, 0.15) is 0 Å². The zero-order valence-corrected chi connectivity index (χ0v) is 12.1. The van der Waals surface area contributed by atoms with Crippen molar-refractivity contribution in [3.05, 3.63) is 16.0 Å². The number of halogens is 1. The summed E-state index contributed by atoms with van der Waals surface area (Å²) >= 11 is 2.21. The van der Waals surface area contributed by atoms with E-state index in [1.165, 1.54) is 32.1 Å². The zero-order valence-electron chi connectivity index (χ0n) is 9.95. The van der Waals surface area contributed by atoms with Crippen molar-refractivity contribution in [2.24, 2.45) is 11.1 Å². The number of anilines is 1. The Balaban J connectivity index is 1.93. The van der Waals surface area contributed by atoms with E-state index in [0.717, 1.165) is 16.7 Å². The molecule has 17 heavy (non-hydrogen) atoms. The van der Waals surface area contributed by atoms with Crippen LogP contribution in [0.5, 0.6) is 0 Å². The van der Waals surface area contributed by atoms with Crippen LogP contribution in [-0.4, -0.2) is 23.1 Å². The van der Waals surface area contributed by atoms with E-state index in [1.807, 2.05) is 12.4 Å². The number of hydrogen-bond acceptors (Lipinski definition) is 4. The Bertz CT molecular complexity index is 346. The number of nitrogens with zero attached hydrogens (tertiary/aromatic N) is 2. The van der Waals surface area contributed by atoms with Crippen molar-refractivity contribution in [3.63, 3.8) is 0 Å². The molecule has 1 aromatic rings. The molecule has 4 nitrogen and oxygen atoms in total. The molecule has 0 aliphatic heterocycles. The van der Waals surface area contributed by atoms with Crippen molar-refractivity contribution in [1.29, 1.82) is 0 Å². The highest BCUT2D eigenvalue weighted by Gasteiger charge is 2.30. The molecule has 1 aliphatic rings. The molecule has 0 saturated heterocycles. The molecular formula is C12H19IN4. The van der Waals surface area contributed by atoms with E-state index in [4.69, 9.17) is 5.73 Å². The smallest absolute Gasteiger partial charge is 0.222 e. The van der Waals surface area contributed by atoms with Crippen LogP contribution in [-0.2, 0) is 0 Å². The van der Waals surface area contributed by atoms with Gasteiger partial charge in [0.05, 0.1) is 0 Å². The number of rotatable bonds is 4. The Labute approximate surface area is 116 Å². The maximum atomic E-state index is 5.94. The molecule has 0 bridgehead atoms. The van der Waals surface area contributed by atoms with E-state index >= 15 is 0 Å². The van der Waals surface area contributed by atoms with E-state index in [0.29, 0.717) is 5.95 Å². The summed E-state index contributed by atoms with van der Waals surface area (Å²) < 4.78 is 1.05. The average molecular weight is 346 g/mol. The van der Waals surface area contributed by atoms with Gasteiger partial charge in [0.15, 0.2) is 0 Å². The minimum atomic E-state index is 0.255. The Morgan fingerprint density at radius 2 is 1.88 bits per heavy atom. The maximum absolute atomic E-state index is 5.94. The standard InChI is InChI=1S/C12H19IN4/c13-10-6-15-11(16-7-10)17-9-12(8-14)4-2-1-3-5-12/h6-7H,1-5,8-9,14H2,(H,15,16,17). The normalized spacial score (nSPS) is 18.9. The summed E-state index contributed by atoms with van der Waals surface area (Å²) in [6.07, 6.45) is 10.0. The topological polar surface area (TPSA) is 63.8 Å². The number of aromatic nitrogens is 2. The molecule has 5 heteroatoms. The molecule has 0 unspecified atom stereocenters. The Morgan fingerprint density at radius 3 is 2.47 bits per heavy atom. The van der Waals surface area contributed by atoms with Gasteiger partial charge in [-0.2, -0.15) is 0 Å². The van der Waals surface area contributed by atoms with Gasteiger partial charge in [-0.05, 0) is 47.4 Å². The lowest BCUT2D eigenvalue weighted by Crippen LogP contribution is -2.39. The van der Waals surface area contributed by atoms with Gasteiger partial charge in [-0.1, -0.05) is 19.3 Å². The van der Waals surface area contributed by atoms with Gasteiger partial charge in [-0.15, -0.1) is 0 Å². The van der Waals surface area contributed by atoms with Gasteiger partial charge < -0.3 is 11.1 Å². The second-order valence-electron chi connectivity index (χ2n) is 4.84. The van der Waals surface area contributed by atoms with Crippen LogP contribution in [0.2, 0.25) is 0 Å². The summed E-state index contributed by atoms with van der Waals surface area (Å²) in [6.45, 7) is 1.65. The Hall–Kier alpha value is -0.430. The molecular weight excluding hydrogens is 327 g/mol. The van der Waals surface area contributed by atoms with Gasteiger partial charge in [-0.25, -0.2) is 9.97 Å². The zero-order chi connectivity index (χ0) is 12.1. The minimum absolute atomic E-state index is 0.255. The van der Waals surface area contributed by atoms with Crippen LogP contribution in [0.25, 0.3) is 0 Å². The molecule has 3 N–H and O–H groups in total. The molecule has 2 rings (SSSR count). The summed E-state index contributed by atoms with van der Waals surface area (Å²) in [7, 11) is 0. The van der Waals surface area contributed by atoms with Crippen molar-refractivity contribution in [3.8, 4) is 0 Å². The molecule has 1 aliphatic carbocycles. The first kappa shape index (κ1) is 13.0. The molecule has 94 valence electrons. The number of hydrogen-bond donors (Lipinski definition) is 2. The summed E-state index contributed by atoms with van der Waals surface area (Å²) in [5.41, 5.74) is 6.20. The highest BCUT2D eigenvalue weighted by atomic mass is 127. The molecule has 1 heterocycles. The summed E-state index contributed by atoms with van der Waals surface area (Å²) in [5, 5.41) is 3.33. The molecule has 1 saturated carbocycles. The van der Waals surface area contributed by atoms with E-state index in [2.05, 4.69) is 37.9 Å². The second-order valence-corrected chi connectivity index (χ2v) is 6.09. The van der Waals surface area contributed by atoms with Crippen LogP contribution in [0.4, 0.5) is 5.95 Å². The van der Waals surface area contributed by atoms with E-state index < -0.39 is 0 Å². The van der Waals surface area contributed by atoms with Gasteiger partial charge in [0.25, 0.3) is 0 Å². The molecule has 0 amide bonds. The Kier molecular flexibility index (Phi) is 4.55. The van der Waals surface area contributed by atoms with Crippen molar-refractivity contribution >= 4 is 28.5 Å². The summed E-state index contributed by atoms with van der Waals surface area (Å²) in [5.74, 6) is 0.712. The number of nitrogens with two attached hydrogens (primary N) is 1. The first-order valence-electron chi connectivity index (χ1n) is 6.16. The molecule has 0 spiro atoms. The lowest BCUT2D eigenvalue weighted by molar-refractivity contribution is 0.215. The fourth-order valence-electron chi connectivity index (χ4n) is 2.42. The predicted molar refractivity (Wildman–Crippen MR) is 77.8 cm³/mol. The van der Waals surface area contributed by atoms with Crippen LogP contribution in [0.3, 0.4) is 0 Å². The summed E-state index contributed by atoms with van der Waals surface area (Å²) in [6, 6.07) is 0. The lowest BCUT2D eigenvalue weighted by atomic mass is 9.74. The highest BCUT2D eigenvalue weighted by Crippen LogP contribution is 2.35. The SMILES string of the molecule is NCC1(CNc2ncc(I)cn2)CCCCC1. The maximum Gasteiger partial charge on any atom is 0.222 e. The first-order valence-corrected chi connectivity index (χ1v) is 7.23. The quantitative estimate of drug-likeness (QED) is 0.822. The van der Waals surface area contributed by atoms with Gasteiger partial charge >= 0.3 is 0 Å². The Morgan fingerprint density at radius 1 is 1.24 bits per heavy atom. The van der Waals surface area contributed by atoms with Crippen LogP contribution in [0.1, 0.15) is 32.1 Å². The molecule has 1 aromatic heterocycles. The average Bonchev–Trinajstić information content (AvgIpc) is 2.39. The third-order valence-electron chi connectivity index (χ3n) is 3.59. The van der Waals surface area contributed by atoms with Crippen LogP contribution in [0.15, 0.2) is 12.4 Å². The van der Waals surface area contributed by atoms with E-state index in [-0.39, 0.29) is 5.41 Å². The van der Waals surface area contributed by atoms with Crippen molar-refractivity contribution in [2.45, 2.75) is 32.1 Å². The highest BCUT2D eigenvalue weighted by molar-refractivity contribution is 14.1. The first-order chi connectivity index (χ1) is 8.24. The fourth-order valence-corrected chi connectivity index (χ4v) is 2.70. The van der Waals surface area contributed by atoms with Gasteiger partial charge in [-0.3, -0.25) is 0 Å².